The normalized spacial score (nSPS) is 9.50. The van der Waals surface area contributed by atoms with Crippen LogP contribution in [0.4, 0.5) is 0 Å². The second-order valence-electron chi connectivity index (χ2n) is 2.92. The number of hydrogen-bond donors (Lipinski definition) is 1. The first-order valence-electron chi connectivity index (χ1n) is 4.39. The highest BCUT2D eigenvalue weighted by molar-refractivity contribution is 5.76. The van der Waals surface area contributed by atoms with Gasteiger partial charge in [-0.25, -0.2) is 0 Å². The lowest BCUT2D eigenvalue weighted by Crippen LogP contribution is -2.08. The monoisotopic (exact) mass is 202 g/mol. The van der Waals surface area contributed by atoms with Crippen LogP contribution in [0.15, 0.2) is 0 Å². The van der Waals surface area contributed by atoms with Crippen LogP contribution in [-0.4, -0.2) is 29.4 Å². The molecule has 0 spiro atoms. The van der Waals surface area contributed by atoms with E-state index in [1.165, 1.54) is 6.92 Å². The molecule has 0 fully saturated rings. The summed E-state index contributed by atoms with van der Waals surface area (Å²) in [6, 6.07) is 0. The Morgan fingerprint density at radius 3 is 2.29 bits per heavy atom. The van der Waals surface area contributed by atoms with Gasteiger partial charge >= 0.3 is 11.9 Å². The molecule has 0 aliphatic heterocycles. The van der Waals surface area contributed by atoms with Gasteiger partial charge in [-0.2, -0.15) is 0 Å². The number of ether oxygens (including phenoxy) is 1. The Morgan fingerprint density at radius 2 is 1.79 bits per heavy atom. The minimum Gasteiger partial charge on any atom is -0.481 e. The van der Waals surface area contributed by atoms with Crippen molar-refractivity contribution in [3.8, 4) is 0 Å². The van der Waals surface area contributed by atoms with Crippen molar-refractivity contribution in [3.05, 3.63) is 0 Å². The third-order valence-electron chi connectivity index (χ3n) is 1.49. The van der Waals surface area contributed by atoms with E-state index in [2.05, 4.69) is 4.74 Å². The predicted octanol–water partition coefficient (Wildman–Crippen LogP) is 0.764. The minimum absolute atomic E-state index is 0.0386. The number of rotatable bonds is 7. The van der Waals surface area contributed by atoms with E-state index in [9.17, 15) is 14.4 Å². The number of ketones is 1. The van der Waals surface area contributed by atoms with Gasteiger partial charge in [0, 0.05) is 19.3 Å². The highest BCUT2D eigenvalue weighted by Crippen LogP contribution is 1.98. The lowest BCUT2D eigenvalue weighted by molar-refractivity contribution is -0.144. The fraction of sp³-hybridized carbons (Fsp3) is 0.667. The first-order valence-corrected chi connectivity index (χ1v) is 4.39. The van der Waals surface area contributed by atoms with Gasteiger partial charge in [-0.1, -0.05) is 0 Å². The fourth-order valence-corrected chi connectivity index (χ4v) is 0.765. The van der Waals surface area contributed by atoms with Crippen LogP contribution >= 0.6 is 0 Å². The van der Waals surface area contributed by atoms with Crippen LogP contribution in [-0.2, 0) is 19.1 Å². The molecule has 80 valence electrons. The van der Waals surface area contributed by atoms with Crippen molar-refractivity contribution in [3.63, 3.8) is 0 Å². The van der Waals surface area contributed by atoms with E-state index in [-0.39, 0.29) is 38.1 Å². The van der Waals surface area contributed by atoms with Crippen LogP contribution in [0, 0.1) is 0 Å². The van der Waals surface area contributed by atoms with Gasteiger partial charge in [-0.3, -0.25) is 14.4 Å². The van der Waals surface area contributed by atoms with Crippen LogP contribution < -0.4 is 0 Å². The molecule has 0 saturated carbocycles. The third-order valence-corrected chi connectivity index (χ3v) is 1.49. The van der Waals surface area contributed by atoms with E-state index < -0.39 is 11.9 Å². The van der Waals surface area contributed by atoms with Gasteiger partial charge in [-0.05, 0) is 13.3 Å². The molecule has 5 nitrogen and oxygen atoms in total. The van der Waals surface area contributed by atoms with Crippen LogP contribution in [0.1, 0.15) is 32.6 Å². The molecule has 0 aromatic carbocycles. The van der Waals surface area contributed by atoms with Crippen molar-refractivity contribution in [2.24, 2.45) is 0 Å². The Kier molecular flexibility index (Phi) is 6.36. The number of carbonyl (C=O) groups is 3. The van der Waals surface area contributed by atoms with E-state index in [4.69, 9.17) is 5.11 Å². The molecule has 0 aliphatic carbocycles. The Balaban J connectivity index is 3.37. The van der Waals surface area contributed by atoms with E-state index in [0.29, 0.717) is 0 Å². The number of carbonyl (C=O) groups excluding carboxylic acids is 2. The molecule has 0 amide bonds. The smallest absolute Gasteiger partial charge is 0.305 e. The Hall–Kier alpha value is -1.39. The summed E-state index contributed by atoms with van der Waals surface area (Å²) in [7, 11) is 0. The summed E-state index contributed by atoms with van der Waals surface area (Å²) in [6.07, 6.45) is 0.533. The first-order chi connectivity index (χ1) is 6.52. The van der Waals surface area contributed by atoms with E-state index in [1.54, 1.807) is 0 Å². The van der Waals surface area contributed by atoms with Crippen LogP contribution in [0.2, 0.25) is 0 Å². The van der Waals surface area contributed by atoms with Crippen LogP contribution in [0.5, 0.6) is 0 Å². The van der Waals surface area contributed by atoms with Crippen molar-refractivity contribution in [2.45, 2.75) is 32.6 Å². The summed E-state index contributed by atoms with van der Waals surface area (Å²) in [5, 5.41) is 8.28. The zero-order valence-electron chi connectivity index (χ0n) is 8.12. The van der Waals surface area contributed by atoms with Crippen molar-refractivity contribution >= 4 is 17.7 Å². The second-order valence-corrected chi connectivity index (χ2v) is 2.92. The van der Waals surface area contributed by atoms with E-state index in [0.717, 1.165) is 0 Å². The number of carboxylic acid groups (broad SMARTS) is 1. The number of Topliss-reactive ketones (excluding diaryl/α,β-unsaturated/α-hetero) is 1. The average molecular weight is 202 g/mol. The molecule has 0 atom stereocenters. The molecule has 14 heavy (non-hydrogen) atoms. The van der Waals surface area contributed by atoms with Crippen LogP contribution in [0.25, 0.3) is 0 Å². The number of carboxylic acids is 1. The maximum Gasteiger partial charge on any atom is 0.305 e. The Bertz CT molecular complexity index is 199. The van der Waals surface area contributed by atoms with Crippen molar-refractivity contribution in [1.82, 2.24) is 0 Å². The van der Waals surface area contributed by atoms with Gasteiger partial charge in [-0.15, -0.1) is 0 Å². The lowest BCUT2D eigenvalue weighted by atomic mass is 10.2. The summed E-state index contributed by atoms with van der Waals surface area (Å²) in [6.45, 7) is 1.50. The highest BCUT2D eigenvalue weighted by atomic mass is 16.5. The molecule has 0 aromatic heterocycles. The van der Waals surface area contributed by atoms with Crippen molar-refractivity contribution in [1.29, 1.82) is 0 Å². The molecule has 0 saturated heterocycles. The topological polar surface area (TPSA) is 80.7 Å². The predicted molar refractivity (Wildman–Crippen MR) is 47.7 cm³/mol. The molecule has 0 aromatic rings. The lowest BCUT2D eigenvalue weighted by Gasteiger charge is -2.01. The molecule has 0 heterocycles. The minimum atomic E-state index is -0.929. The zero-order valence-corrected chi connectivity index (χ0v) is 8.12. The van der Waals surface area contributed by atoms with Crippen molar-refractivity contribution in [2.75, 3.05) is 6.61 Å². The Labute approximate surface area is 82.1 Å². The molecular formula is C9H14O5. The van der Waals surface area contributed by atoms with Gasteiger partial charge in [0.25, 0.3) is 0 Å². The van der Waals surface area contributed by atoms with Gasteiger partial charge in [0.05, 0.1) is 6.61 Å². The van der Waals surface area contributed by atoms with Gasteiger partial charge in [0.1, 0.15) is 5.78 Å². The summed E-state index contributed by atoms with van der Waals surface area (Å²) >= 11 is 0. The maximum absolute atomic E-state index is 10.9. The molecular weight excluding hydrogens is 188 g/mol. The Morgan fingerprint density at radius 1 is 1.14 bits per heavy atom. The fourth-order valence-electron chi connectivity index (χ4n) is 0.765. The van der Waals surface area contributed by atoms with Crippen LogP contribution in [0.3, 0.4) is 0 Å². The molecule has 0 radical (unpaired) electrons. The third kappa shape index (κ3) is 8.70. The molecule has 5 heteroatoms. The molecule has 1 N–H and O–H groups in total. The zero-order chi connectivity index (χ0) is 11.0. The van der Waals surface area contributed by atoms with E-state index in [1.807, 2.05) is 0 Å². The number of hydrogen-bond acceptors (Lipinski definition) is 4. The summed E-state index contributed by atoms with van der Waals surface area (Å²) < 4.78 is 4.68. The average Bonchev–Trinajstić information content (AvgIpc) is 2.02. The molecule has 0 aliphatic rings. The molecule has 0 unspecified atom stereocenters. The standard InChI is InChI=1S/C9H14O5/c1-7(10)5-6-14-9(13)4-2-3-8(11)12/h2-6H2,1H3,(H,11,12). The maximum atomic E-state index is 10.9. The summed E-state index contributed by atoms with van der Waals surface area (Å²) in [5.41, 5.74) is 0. The molecule has 0 rings (SSSR count). The number of esters is 1. The first kappa shape index (κ1) is 12.6. The summed E-state index contributed by atoms with van der Waals surface area (Å²) in [5.74, 6) is -1.42. The van der Waals surface area contributed by atoms with Gasteiger partial charge < -0.3 is 9.84 Å². The highest BCUT2D eigenvalue weighted by Gasteiger charge is 2.05. The molecule has 0 bridgehead atoms. The van der Waals surface area contributed by atoms with Gasteiger partial charge in [0.15, 0.2) is 0 Å². The summed E-state index contributed by atoms with van der Waals surface area (Å²) in [4.78, 5) is 31.4. The second kappa shape index (κ2) is 7.06. The largest absolute Gasteiger partial charge is 0.481 e. The van der Waals surface area contributed by atoms with E-state index >= 15 is 0 Å². The van der Waals surface area contributed by atoms with Crippen molar-refractivity contribution < 1.29 is 24.2 Å². The number of aliphatic carboxylic acids is 1. The van der Waals surface area contributed by atoms with Gasteiger partial charge in [0.2, 0.25) is 0 Å². The quantitative estimate of drug-likeness (QED) is 0.616. The SMILES string of the molecule is CC(=O)CCOC(=O)CCCC(=O)O.